The first kappa shape index (κ1) is 23.8. The van der Waals surface area contributed by atoms with Crippen molar-refractivity contribution in [3.05, 3.63) is 112 Å². The van der Waals surface area contributed by atoms with Crippen molar-refractivity contribution in [3.63, 3.8) is 0 Å². The highest BCUT2D eigenvalue weighted by atomic mass is 16.3. The first-order valence-electron chi connectivity index (χ1n) is 13.7. The number of aromatic nitrogens is 2. The zero-order chi connectivity index (χ0) is 25.5. The molecule has 1 aromatic heterocycles. The maximum atomic E-state index is 11.6. The van der Waals surface area contributed by atoms with Crippen molar-refractivity contribution in [3.8, 4) is 16.9 Å². The summed E-state index contributed by atoms with van der Waals surface area (Å²) in [6.07, 6.45) is 8.33. The van der Waals surface area contributed by atoms with Crippen LogP contribution in [0.4, 0.5) is 0 Å². The molecule has 37 heavy (non-hydrogen) atoms. The van der Waals surface area contributed by atoms with Gasteiger partial charge >= 0.3 is 0 Å². The number of phenols is 1. The molecule has 1 N–H and O–H groups in total. The molecular weight excluding hydrogens is 452 g/mol. The smallest absolute Gasteiger partial charge is 0.126 e. The van der Waals surface area contributed by atoms with Crippen LogP contribution in [0, 0.1) is 19.8 Å². The molecule has 1 atom stereocenters. The SMILES string of the molecule is CC1=C(C[C@@H]2CCc3c(cc(-c4cccc(C)c4)c(O)c3CCn3ccc(C)n3)C2)c2ccccc2C1. The lowest BCUT2D eigenvalue weighted by Gasteiger charge is -2.29. The van der Waals surface area contributed by atoms with Gasteiger partial charge in [0.15, 0.2) is 0 Å². The molecule has 2 aliphatic carbocycles. The summed E-state index contributed by atoms with van der Waals surface area (Å²) in [5.41, 5.74) is 14.3. The average molecular weight is 489 g/mol. The van der Waals surface area contributed by atoms with E-state index in [0.29, 0.717) is 11.7 Å². The van der Waals surface area contributed by atoms with Crippen molar-refractivity contribution in [1.29, 1.82) is 0 Å². The van der Waals surface area contributed by atoms with Gasteiger partial charge in [0.25, 0.3) is 0 Å². The summed E-state index contributed by atoms with van der Waals surface area (Å²) in [5, 5.41) is 16.2. The van der Waals surface area contributed by atoms with E-state index in [2.05, 4.69) is 73.5 Å². The number of hydrogen-bond acceptors (Lipinski definition) is 2. The van der Waals surface area contributed by atoms with Gasteiger partial charge in [0.2, 0.25) is 0 Å². The van der Waals surface area contributed by atoms with Crippen LogP contribution < -0.4 is 0 Å². The monoisotopic (exact) mass is 488 g/mol. The maximum absolute atomic E-state index is 11.6. The number of allylic oxidation sites excluding steroid dienone is 2. The third-order valence-corrected chi connectivity index (χ3v) is 8.42. The Morgan fingerprint density at radius 3 is 2.62 bits per heavy atom. The number of fused-ring (bicyclic) bond motifs is 2. The number of aryl methyl sites for hydroxylation is 3. The van der Waals surface area contributed by atoms with Gasteiger partial charge in [0.05, 0.1) is 5.69 Å². The van der Waals surface area contributed by atoms with Gasteiger partial charge in [-0.15, -0.1) is 0 Å². The molecule has 188 valence electrons. The Bertz CT molecular complexity index is 1510. The van der Waals surface area contributed by atoms with Crippen LogP contribution in [0.2, 0.25) is 0 Å². The lowest BCUT2D eigenvalue weighted by Crippen LogP contribution is -2.18. The summed E-state index contributed by atoms with van der Waals surface area (Å²) in [5.74, 6) is 1.08. The molecule has 0 amide bonds. The number of benzene rings is 3. The Kier molecular flexibility index (Phi) is 6.24. The molecule has 0 saturated heterocycles. The number of nitrogens with zero attached hydrogens (tertiary/aromatic N) is 2. The van der Waals surface area contributed by atoms with Crippen molar-refractivity contribution in [1.82, 2.24) is 9.78 Å². The number of hydrogen-bond donors (Lipinski definition) is 1. The molecule has 1 heterocycles. The molecule has 2 aliphatic rings. The molecule has 4 aromatic rings. The molecule has 3 heteroatoms. The van der Waals surface area contributed by atoms with Gasteiger partial charge < -0.3 is 5.11 Å². The second kappa shape index (κ2) is 9.70. The van der Waals surface area contributed by atoms with Crippen LogP contribution in [0.15, 0.2) is 72.4 Å². The zero-order valence-electron chi connectivity index (χ0n) is 22.2. The van der Waals surface area contributed by atoms with Crippen molar-refractivity contribution in [2.24, 2.45) is 5.92 Å². The minimum Gasteiger partial charge on any atom is -0.507 e. The molecule has 0 spiro atoms. The normalized spacial score (nSPS) is 16.7. The third-order valence-electron chi connectivity index (χ3n) is 8.42. The van der Waals surface area contributed by atoms with Gasteiger partial charge in [-0.2, -0.15) is 5.10 Å². The molecule has 0 fully saturated rings. The summed E-state index contributed by atoms with van der Waals surface area (Å²) >= 11 is 0. The van der Waals surface area contributed by atoms with Crippen LogP contribution in [-0.4, -0.2) is 14.9 Å². The first-order chi connectivity index (χ1) is 18.0. The summed E-state index contributed by atoms with van der Waals surface area (Å²) in [4.78, 5) is 0. The summed E-state index contributed by atoms with van der Waals surface area (Å²) in [6.45, 7) is 7.23. The van der Waals surface area contributed by atoms with Gasteiger partial charge in [-0.05, 0) is 116 Å². The van der Waals surface area contributed by atoms with E-state index in [0.717, 1.165) is 61.0 Å². The molecular formula is C34H36N2O. The molecule has 0 saturated carbocycles. The lowest BCUT2D eigenvalue weighted by molar-refractivity contribution is 0.446. The highest BCUT2D eigenvalue weighted by molar-refractivity contribution is 5.77. The van der Waals surface area contributed by atoms with Crippen LogP contribution in [0.3, 0.4) is 0 Å². The molecule has 0 bridgehead atoms. The summed E-state index contributed by atoms with van der Waals surface area (Å²) < 4.78 is 2.00. The third kappa shape index (κ3) is 4.64. The molecule has 3 aromatic carbocycles. The van der Waals surface area contributed by atoms with Gasteiger partial charge in [-0.3, -0.25) is 4.68 Å². The largest absolute Gasteiger partial charge is 0.507 e. The number of aromatic hydroxyl groups is 1. The Morgan fingerprint density at radius 1 is 0.946 bits per heavy atom. The van der Waals surface area contributed by atoms with Crippen molar-refractivity contribution in [2.75, 3.05) is 0 Å². The van der Waals surface area contributed by atoms with Crippen LogP contribution in [0.5, 0.6) is 5.75 Å². The second-order valence-corrected chi connectivity index (χ2v) is 11.1. The van der Waals surface area contributed by atoms with E-state index in [9.17, 15) is 5.11 Å². The van der Waals surface area contributed by atoms with Crippen LogP contribution in [-0.2, 0) is 32.2 Å². The van der Waals surface area contributed by atoms with E-state index in [-0.39, 0.29) is 0 Å². The fourth-order valence-electron chi connectivity index (χ4n) is 6.54. The molecule has 3 nitrogen and oxygen atoms in total. The van der Waals surface area contributed by atoms with Crippen LogP contribution in [0.25, 0.3) is 16.7 Å². The summed E-state index contributed by atoms with van der Waals surface area (Å²) in [6, 6.07) is 21.8. The van der Waals surface area contributed by atoms with Gasteiger partial charge in [-0.1, -0.05) is 59.7 Å². The van der Waals surface area contributed by atoms with E-state index < -0.39 is 0 Å². The van der Waals surface area contributed by atoms with E-state index in [1.807, 2.05) is 23.9 Å². The predicted molar refractivity (Wildman–Crippen MR) is 152 cm³/mol. The van der Waals surface area contributed by atoms with Crippen molar-refractivity contribution >= 4 is 5.57 Å². The Labute approximate surface area is 220 Å². The van der Waals surface area contributed by atoms with E-state index in [4.69, 9.17) is 0 Å². The standard InChI is InChI=1S/C34H36N2O/c1-22-7-6-9-26(17-22)33-21-28-19-25(20-32-23(2)18-27-8-4-5-10-29(27)32)11-12-30(28)31(34(33)37)14-16-36-15-13-24(3)35-36/h4-10,13,15,17,21,25,37H,11-12,14,16,18-20H2,1-3H3/t25-/m1/s1. The molecule has 0 radical (unpaired) electrons. The minimum absolute atomic E-state index is 0.454. The highest BCUT2D eigenvalue weighted by Crippen LogP contribution is 2.44. The zero-order valence-corrected chi connectivity index (χ0v) is 22.2. The summed E-state index contributed by atoms with van der Waals surface area (Å²) in [7, 11) is 0. The number of phenolic OH excluding ortho intramolecular Hbond substituents is 1. The van der Waals surface area contributed by atoms with Crippen molar-refractivity contribution < 1.29 is 5.11 Å². The molecule has 0 unspecified atom stereocenters. The van der Waals surface area contributed by atoms with Crippen LogP contribution in [0.1, 0.15) is 58.8 Å². The van der Waals surface area contributed by atoms with E-state index in [1.165, 1.54) is 39.8 Å². The highest BCUT2D eigenvalue weighted by Gasteiger charge is 2.28. The van der Waals surface area contributed by atoms with Gasteiger partial charge in [0, 0.05) is 18.3 Å². The second-order valence-electron chi connectivity index (χ2n) is 11.1. The lowest BCUT2D eigenvalue weighted by atomic mass is 9.76. The maximum Gasteiger partial charge on any atom is 0.126 e. The van der Waals surface area contributed by atoms with E-state index >= 15 is 0 Å². The minimum atomic E-state index is 0.454. The van der Waals surface area contributed by atoms with Crippen LogP contribution >= 0.6 is 0 Å². The predicted octanol–water partition coefficient (Wildman–Crippen LogP) is 7.64. The van der Waals surface area contributed by atoms with Gasteiger partial charge in [-0.25, -0.2) is 0 Å². The topological polar surface area (TPSA) is 38.0 Å². The fraction of sp³-hybridized carbons (Fsp3) is 0.324. The molecule has 6 rings (SSSR count). The Balaban J connectivity index is 1.34. The van der Waals surface area contributed by atoms with Gasteiger partial charge in [0.1, 0.15) is 5.75 Å². The average Bonchev–Trinajstić information content (AvgIpc) is 3.45. The van der Waals surface area contributed by atoms with Crippen molar-refractivity contribution in [2.45, 2.75) is 65.8 Å². The quantitative estimate of drug-likeness (QED) is 0.303. The first-order valence-corrected chi connectivity index (χ1v) is 13.7. The Morgan fingerprint density at radius 2 is 1.81 bits per heavy atom. The van der Waals surface area contributed by atoms with E-state index in [1.54, 1.807) is 5.57 Å². The Hall–Kier alpha value is -3.59. The fourth-order valence-corrected chi connectivity index (χ4v) is 6.54. The number of rotatable bonds is 6. The molecule has 0 aliphatic heterocycles.